The van der Waals surface area contributed by atoms with Crippen LogP contribution in [0.5, 0.6) is 0 Å². The first-order chi connectivity index (χ1) is 41.7. The van der Waals surface area contributed by atoms with Crippen molar-refractivity contribution in [3.63, 3.8) is 0 Å². The SMILES string of the molecule is C1=Cc2oc3c(N(c4ccccc4-c4ccccc4)c4cc5c(c6c4oc4ccccc46)-c4ccc(N(c6ccccc6-c6ccccc6)c6cccc7c6oc6ccccc67)cc4C5(c4ccccc4)c4ccccc4)cccc3c2CC1. The summed E-state index contributed by atoms with van der Waals surface area (Å²) in [6.45, 7) is 0. The first kappa shape index (κ1) is 47.9. The third-order valence-electron chi connectivity index (χ3n) is 17.6. The van der Waals surface area contributed by atoms with Gasteiger partial charge in [0.1, 0.15) is 16.9 Å². The van der Waals surface area contributed by atoms with Gasteiger partial charge in [-0.1, -0.05) is 231 Å². The van der Waals surface area contributed by atoms with Crippen molar-refractivity contribution in [2.75, 3.05) is 9.80 Å². The van der Waals surface area contributed by atoms with E-state index in [1.54, 1.807) is 0 Å². The van der Waals surface area contributed by atoms with Crippen LogP contribution in [0.3, 0.4) is 0 Å². The molecule has 3 heterocycles. The highest BCUT2D eigenvalue weighted by Crippen LogP contribution is 2.63. The van der Waals surface area contributed by atoms with Crippen LogP contribution < -0.4 is 9.80 Å². The minimum atomic E-state index is -0.883. The Morgan fingerprint density at radius 1 is 0.345 bits per heavy atom. The van der Waals surface area contributed by atoms with Gasteiger partial charge in [0, 0.05) is 49.3 Å². The van der Waals surface area contributed by atoms with Gasteiger partial charge in [-0.15, -0.1) is 0 Å². The van der Waals surface area contributed by atoms with Gasteiger partial charge in [0.2, 0.25) is 0 Å². The molecule has 2 aliphatic carbocycles. The average molecular weight is 1080 g/mol. The first-order valence-corrected chi connectivity index (χ1v) is 29.0. The number of furan rings is 3. The van der Waals surface area contributed by atoms with E-state index in [-0.39, 0.29) is 0 Å². The summed E-state index contributed by atoms with van der Waals surface area (Å²) in [7, 11) is 0. The van der Waals surface area contributed by atoms with Crippen LogP contribution in [0.4, 0.5) is 34.1 Å². The third kappa shape index (κ3) is 7.15. The molecule has 0 saturated carbocycles. The van der Waals surface area contributed by atoms with Crippen LogP contribution in [0, 0.1) is 0 Å². The van der Waals surface area contributed by atoms with Gasteiger partial charge in [0.05, 0.1) is 33.9 Å². The van der Waals surface area contributed by atoms with Crippen LogP contribution in [0.1, 0.15) is 40.0 Å². The summed E-state index contributed by atoms with van der Waals surface area (Å²) in [5.74, 6) is 0.915. The van der Waals surface area contributed by atoms with Crippen LogP contribution in [0.15, 0.2) is 298 Å². The lowest BCUT2D eigenvalue weighted by Gasteiger charge is -2.36. The Labute approximate surface area is 485 Å². The Hall–Kier alpha value is -10.9. The van der Waals surface area contributed by atoms with Crippen LogP contribution in [-0.2, 0) is 11.8 Å². The minimum Gasteiger partial charge on any atom is -0.454 e. The van der Waals surface area contributed by atoms with E-state index in [9.17, 15) is 0 Å². The van der Waals surface area contributed by atoms with Crippen molar-refractivity contribution in [2.45, 2.75) is 18.3 Å². The number of hydrogen-bond acceptors (Lipinski definition) is 5. The fourth-order valence-electron chi connectivity index (χ4n) is 14.1. The lowest BCUT2D eigenvalue weighted by atomic mass is 9.67. The molecule has 0 radical (unpaired) electrons. The molecule has 0 fully saturated rings. The fraction of sp³-hybridized carbons (Fsp3) is 0.0380. The molecule has 0 N–H and O–H groups in total. The van der Waals surface area contributed by atoms with E-state index < -0.39 is 5.41 Å². The van der Waals surface area contributed by atoms with E-state index in [1.165, 1.54) is 5.56 Å². The molecule has 2 aliphatic rings. The number of allylic oxidation sites excluding steroid dienone is 1. The molecular weight excluding hydrogens is 1020 g/mol. The molecule has 0 spiro atoms. The molecule has 5 nitrogen and oxygen atoms in total. The van der Waals surface area contributed by atoms with Crippen molar-refractivity contribution in [2.24, 2.45) is 0 Å². The lowest BCUT2D eigenvalue weighted by Crippen LogP contribution is -2.29. The lowest BCUT2D eigenvalue weighted by molar-refractivity contribution is 0.595. The Morgan fingerprint density at radius 3 is 1.54 bits per heavy atom. The summed E-state index contributed by atoms with van der Waals surface area (Å²) in [6.07, 6.45) is 6.25. The van der Waals surface area contributed by atoms with Crippen molar-refractivity contribution in [1.29, 1.82) is 0 Å². The predicted octanol–water partition coefficient (Wildman–Crippen LogP) is 21.8. The Balaban J connectivity index is 1.01. The second-order valence-corrected chi connectivity index (χ2v) is 22.1. The smallest absolute Gasteiger partial charge is 0.160 e. The quantitative estimate of drug-likeness (QED) is 0.137. The summed E-state index contributed by atoms with van der Waals surface area (Å²) >= 11 is 0. The molecule has 84 heavy (non-hydrogen) atoms. The molecule has 0 atom stereocenters. The van der Waals surface area contributed by atoms with E-state index in [2.05, 4.69) is 295 Å². The Bertz CT molecular complexity index is 5050. The molecule has 0 saturated heterocycles. The molecule has 15 aromatic rings. The molecule has 0 bridgehead atoms. The van der Waals surface area contributed by atoms with E-state index in [4.69, 9.17) is 13.3 Å². The second kappa shape index (κ2) is 19.1. The van der Waals surface area contributed by atoms with Crippen molar-refractivity contribution in [1.82, 2.24) is 0 Å². The van der Waals surface area contributed by atoms with Gasteiger partial charge in [-0.3, -0.25) is 0 Å². The normalized spacial score (nSPS) is 13.2. The van der Waals surface area contributed by atoms with Gasteiger partial charge >= 0.3 is 0 Å². The molecule has 0 amide bonds. The van der Waals surface area contributed by atoms with Crippen LogP contribution in [0.25, 0.3) is 94.3 Å². The zero-order chi connectivity index (χ0) is 55.3. The van der Waals surface area contributed by atoms with Crippen LogP contribution in [-0.4, -0.2) is 0 Å². The van der Waals surface area contributed by atoms with E-state index in [1.807, 2.05) is 6.07 Å². The molecule has 0 aliphatic heterocycles. The second-order valence-electron chi connectivity index (χ2n) is 22.1. The number of benzene rings is 12. The van der Waals surface area contributed by atoms with Crippen molar-refractivity contribution < 1.29 is 13.3 Å². The highest BCUT2D eigenvalue weighted by Gasteiger charge is 2.49. The summed E-state index contributed by atoms with van der Waals surface area (Å²) in [5, 5.41) is 5.35. The fourth-order valence-corrected chi connectivity index (χ4v) is 14.1. The Kier molecular flexibility index (Phi) is 10.9. The molecule has 17 rings (SSSR count). The largest absolute Gasteiger partial charge is 0.454 e. The van der Waals surface area contributed by atoms with Gasteiger partial charge in [0.15, 0.2) is 16.7 Å². The summed E-state index contributed by atoms with van der Waals surface area (Å²) in [6, 6.07) is 101. The number of para-hydroxylation sites is 6. The molecular formula is C79H52N2O3. The summed E-state index contributed by atoms with van der Waals surface area (Å²) in [5.41, 5.74) is 21.5. The topological polar surface area (TPSA) is 45.9 Å². The molecule has 3 aromatic heterocycles. The average Bonchev–Trinajstić information content (AvgIpc) is 2.88. The molecule has 396 valence electrons. The number of anilines is 6. The summed E-state index contributed by atoms with van der Waals surface area (Å²) < 4.78 is 21.6. The zero-order valence-corrected chi connectivity index (χ0v) is 45.7. The van der Waals surface area contributed by atoms with Crippen molar-refractivity contribution in [3.05, 3.63) is 319 Å². The number of hydrogen-bond donors (Lipinski definition) is 0. The predicted molar refractivity (Wildman–Crippen MR) is 346 cm³/mol. The maximum absolute atomic E-state index is 7.46. The van der Waals surface area contributed by atoms with E-state index in [0.717, 1.165) is 163 Å². The first-order valence-electron chi connectivity index (χ1n) is 29.0. The van der Waals surface area contributed by atoms with Gasteiger partial charge in [-0.05, 0) is 118 Å². The highest BCUT2D eigenvalue weighted by molar-refractivity contribution is 6.21. The third-order valence-corrected chi connectivity index (χ3v) is 17.6. The van der Waals surface area contributed by atoms with E-state index in [0.29, 0.717) is 0 Å². The molecule has 0 unspecified atom stereocenters. The minimum absolute atomic E-state index is 0.785. The highest BCUT2D eigenvalue weighted by atomic mass is 16.3. The zero-order valence-electron chi connectivity index (χ0n) is 45.7. The van der Waals surface area contributed by atoms with Gasteiger partial charge < -0.3 is 23.1 Å². The molecule has 12 aromatic carbocycles. The number of rotatable bonds is 10. The molecule has 5 heteroatoms. The Morgan fingerprint density at radius 2 is 0.857 bits per heavy atom. The number of aryl methyl sites for hydroxylation is 1. The van der Waals surface area contributed by atoms with Gasteiger partial charge in [-0.25, -0.2) is 0 Å². The van der Waals surface area contributed by atoms with E-state index >= 15 is 0 Å². The van der Waals surface area contributed by atoms with Crippen LogP contribution in [0.2, 0.25) is 0 Å². The van der Waals surface area contributed by atoms with Gasteiger partial charge in [0.25, 0.3) is 0 Å². The maximum atomic E-state index is 7.46. The van der Waals surface area contributed by atoms with Crippen LogP contribution >= 0.6 is 0 Å². The number of fused-ring (bicyclic) bond motifs is 13. The maximum Gasteiger partial charge on any atom is 0.160 e. The van der Waals surface area contributed by atoms with Crippen molar-refractivity contribution >= 4 is 95.0 Å². The monoisotopic (exact) mass is 1080 g/mol. The summed E-state index contributed by atoms with van der Waals surface area (Å²) in [4.78, 5) is 4.85. The van der Waals surface area contributed by atoms with Gasteiger partial charge in [-0.2, -0.15) is 0 Å². The standard InChI is InChI=1S/C79H52N2O3/c1-5-25-51(26-6-1)56-33-13-18-40-66(56)80(68-42-23-38-60-58-35-15-20-44-71(58)82-76(60)68)55-47-48-62-64(49-55)79(53-29-9-3-10-30-53,54-31-11-4-12-32-54)65-50-70(78-75(74(62)65)63-37-17-22-46-73(63)84-78)81(67-41-19-14-34-57(67)52-27-7-2-8-28-52)69-43-24-39-61-59-36-16-21-45-72(59)83-77(61)69/h1-15,17-35,37-50H,16,36H2. The van der Waals surface area contributed by atoms with Crippen molar-refractivity contribution in [3.8, 4) is 33.4 Å². The number of nitrogens with zero attached hydrogens (tertiary/aromatic N) is 2.